The quantitative estimate of drug-likeness (QED) is 0.0717. The lowest BCUT2D eigenvalue weighted by Crippen LogP contribution is -2.36. The zero-order valence-electron chi connectivity index (χ0n) is 18.8. The van der Waals surface area contributed by atoms with Crippen LogP contribution in [-0.2, 0) is 4.79 Å². The number of nitrogens with one attached hydrogen (secondary N) is 2. The van der Waals surface area contributed by atoms with Crippen molar-refractivity contribution >= 4 is 56.1 Å². The van der Waals surface area contributed by atoms with Crippen molar-refractivity contribution in [3.8, 4) is 0 Å². The van der Waals surface area contributed by atoms with Crippen LogP contribution in [0.1, 0.15) is 27.2 Å². The van der Waals surface area contributed by atoms with E-state index in [9.17, 15) is 9.90 Å². The minimum Gasteiger partial charge on any atom is -0.504 e. The molecule has 1 aromatic heterocycles. The summed E-state index contributed by atoms with van der Waals surface area (Å²) in [6.45, 7) is 6.53. The highest BCUT2D eigenvalue weighted by molar-refractivity contribution is 7.79. The number of carbonyl (C=O) groups excluding carboxylic acids is 1. The number of nitrogens with zero attached hydrogens (tertiary/aromatic N) is 3. The Morgan fingerprint density at radius 1 is 1.38 bits per heavy atom. The van der Waals surface area contributed by atoms with Gasteiger partial charge in [-0.1, -0.05) is 20.8 Å². The van der Waals surface area contributed by atoms with E-state index < -0.39 is 17.5 Å². The van der Waals surface area contributed by atoms with Gasteiger partial charge in [-0.3, -0.25) is 10.2 Å². The molecule has 1 heterocycles. The fourth-order valence-electron chi connectivity index (χ4n) is 2.47. The number of thiol groups is 1. The van der Waals surface area contributed by atoms with E-state index in [1.807, 2.05) is 0 Å². The first-order valence-corrected chi connectivity index (χ1v) is 11.2. The SMILES string of the molecule is CC(C)(C)CCNC(=O)/C(C(N)=Nc1ccc(N)cc1P)=C(/O)C(=N)n1cccn1.CS. The molecule has 0 spiro atoms. The number of carbonyl (C=O) groups is 1. The lowest BCUT2D eigenvalue weighted by atomic mass is 9.92. The van der Waals surface area contributed by atoms with Gasteiger partial charge in [-0.2, -0.15) is 17.7 Å². The molecule has 0 aliphatic carbocycles. The van der Waals surface area contributed by atoms with Gasteiger partial charge >= 0.3 is 0 Å². The number of amidine groups is 1. The first-order valence-electron chi connectivity index (χ1n) is 9.74. The van der Waals surface area contributed by atoms with E-state index in [0.717, 1.165) is 4.68 Å². The smallest absolute Gasteiger partial charge is 0.258 e. The van der Waals surface area contributed by atoms with Crippen LogP contribution in [0.15, 0.2) is 53.0 Å². The minimum atomic E-state index is -0.631. The van der Waals surface area contributed by atoms with Gasteiger partial charge in [0.15, 0.2) is 11.6 Å². The number of aromatic nitrogens is 2. The number of allylic oxidation sites excluding steroid dienone is 1. The van der Waals surface area contributed by atoms with E-state index >= 15 is 0 Å². The number of aliphatic imine (C=N–C) groups is 1. The Balaban J connectivity index is 0.00000249. The molecule has 7 N–H and O–H groups in total. The molecule has 32 heavy (non-hydrogen) atoms. The topological polar surface area (TPSA) is 155 Å². The van der Waals surface area contributed by atoms with E-state index in [0.29, 0.717) is 29.6 Å². The number of benzene rings is 1. The van der Waals surface area contributed by atoms with E-state index in [4.69, 9.17) is 16.9 Å². The van der Waals surface area contributed by atoms with Crippen molar-refractivity contribution in [2.75, 3.05) is 18.5 Å². The predicted octanol–water partition coefficient (Wildman–Crippen LogP) is 2.39. The fraction of sp³-hybridized carbons (Fsp3) is 0.333. The van der Waals surface area contributed by atoms with Crippen molar-refractivity contribution in [3.05, 3.63) is 48.0 Å². The molecule has 11 heteroatoms. The number of anilines is 1. The van der Waals surface area contributed by atoms with E-state index in [1.54, 1.807) is 30.5 Å². The standard InChI is InChI=1S/C20H28N7O2P.CH4S/c1-20(2,3)7-9-24-19(29)15(16(28)18(23)27-10-4-8-25-27)17(22)26-13-6-5-12(21)11-14(13)30;1-2/h4-6,8,10-11,23,28H,7,9,21,30H2,1-3H3,(H2,22,26)(H,24,29);2H,1H3/b16-15+,23-18?;. The first kappa shape index (κ1) is 27.2. The molecule has 0 aliphatic rings. The Kier molecular flexibility index (Phi) is 10.4. The molecule has 0 saturated carbocycles. The van der Waals surface area contributed by atoms with Crippen molar-refractivity contribution in [2.24, 2.45) is 16.1 Å². The maximum absolute atomic E-state index is 12.9. The average molecular weight is 478 g/mol. The van der Waals surface area contributed by atoms with Crippen LogP contribution < -0.4 is 22.1 Å². The molecule has 0 aliphatic heterocycles. The molecule has 2 rings (SSSR count). The van der Waals surface area contributed by atoms with Crippen LogP contribution in [0.3, 0.4) is 0 Å². The molecule has 1 aromatic carbocycles. The molecule has 2 aromatic rings. The summed E-state index contributed by atoms with van der Waals surface area (Å²) in [6.07, 6.45) is 5.34. The normalized spacial score (nSPS) is 12.4. The Morgan fingerprint density at radius 3 is 2.56 bits per heavy atom. The average Bonchev–Trinajstić information content (AvgIpc) is 3.25. The third-order valence-electron chi connectivity index (χ3n) is 4.13. The van der Waals surface area contributed by atoms with E-state index in [-0.39, 0.29) is 16.8 Å². The van der Waals surface area contributed by atoms with Crippen molar-refractivity contribution in [3.63, 3.8) is 0 Å². The minimum absolute atomic E-state index is 0.0128. The predicted molar refractivity (Wildman–Crippen MR) is 138 cm³/mol. The molecule has 0 radical (unpaired) electrons. The third kappa shape index (κ3) is 8.01. The first-order chi connectivity index (χ1) is 15.0. The number of rotatable bonds is 6. The highest BCUT2D eigenvalue weighted by atomic mass is 32.1. The van der Waals surface area contributed by atoms with Crippen molar-refractivity contribution in [1.82, 2.24) is 15.1 Å². The zero-order chi connectivity index (χ0) is 24.5. The van der Waals surface area contributed by atoms with Crippen LogP contribution in [0.5, 0.6) is 0 Å². The molecule has 1 amide bonds. The Labute approximate surface area is 196 Å². The maximum atomic E-state index is 12.9. The summed E-state index contributed by atoms with van der Waals surface area (Å²) in [6, 6.07) is 6.58. The van der Waals surface area contributed by atoms with Crippen LogP contribution in [0.25, 0.3) is 0 Å². The van der Waals surface area contributed by atoms with Gasteiger partial charge in [0.1, 0.15) is 11.4 Å². The van der Waals surface area contributed by atoms with Crippen molar-refractivity contribution < 1.29 is 9.90 Å². The summed E-state index contributed by atoms with van der Waals surface area (Å²) >= 11 is 3.53. The number of aliphatic hydroxyl groups excluding tert-OH is 1. The van der Waals surface area contributed by atoms with Gasteiger partial charge in [-0.05, 0) is 47.7 Å². The maximum Gasteiger partial charge on any atom is 0.258 e. The molecule has 1 unspecified atom stereocenters. The van der Waals surface area contributed by atoms with Crippen molar-refractivity contribution in [1.29, 1.82) is 5.41 Å². The fourth-order valence-corrected chi connectivity index (χ4v) is 2.83. The largest absolute Gasteiger partial charge is 0.504 e. The molecule has 174 valence electrons. The van der Waals surface area contributed by atoms with Crippen LogP contribution in [0.4, 0.5) is 11.4 Å². The second-order valence-corrected chi connectivity index (χ2v) is 8.53. The lowest BCUT2D eigenvalue weighted by Gasteiger charge is -2.19. The summed E-state index contributed by atoms with van der Waals surface area (Å²) in [5, 5.41) is 26.2. The second kappa shape index (κ2) is 12.3. The molecule has 9 nitrogen and oxygen atoms in total. The van der Waals surface area contributed by atoms with Crippen molar-refractivity contribution in [2.45, 2.75) is 27.2 Å². The molecule has 0 saturated heterocycles. The number of hydrogen-bond acceptors (Lipinski definition) is 7. The molecule has 0 fully saturated rings. The van der Waals surface area contributed by atoms with Gasteiger partial charge in [-0.15, -0.1) is 9.24 Å². The van der Waals surface area contributed by atoms with Gasteiger partial charge in [0.25, 0.3) is 5.91 Å². The zero-order valence-corrected chi connectivity index (χ0v) is 20.8. The summed E-state index contributed by atoms with van der Waals surface area (Å²) in [7, 11) is 2.49. The molecular formula is C21H32N7O2PS. The van der Waals surface area contributed by atoms with Crippen LogP contribution in [0.2, 0.25) is 0 Å². The number of amides is 1. The van der Waals surface area contributed by atoms with Gasteiger partial charge in [0, 0.05) is 24.6 Å². The molecule has 1 atom stereocenters. The third-order valence-corrected chi connectivity index (χ3v) is 4.59. The molecular weight excluding hydrogens is 445 g/mol. The van der Waals surface area contributed by atoms with Crippen LogP contribution in [-0.4, -0.2) is 45.3 Å². The Hall–Kier alpha value is -2.84. The summed E-state index contributed by atoms with van der Waals surface area (Å²) in [5.41, 5.74) is 12.6. The number of nitrogen functional groups attached to an aromatic ring is 1. The van der Waals surface area contributed by atoms with E-state index in [1.165, 1.54) is 12.4 Å². The second-order valence-electron chi connectivity index (χ2n) is 7.90. The summed E-state index contributed by atoms with van der Waals surface area (Å²) in [4.78, 5) is 17.1. The number of aliphatic hydroxyl groups is 1. The molecule has 0 bridgehead atoms. The van der Waals surface area contributed by atoms with Gasteiger partial charge in [0.05, 0.1) is 5.69 Å². The van der Waals surface area contributed by atoms with Gasteiger partial charge in [-0.25, -0.2) is 9.67 Å². The van der Waals surface area contributed by atoms with Crippen LogP contribution >= 0.6 is 21.9 Å². The number of nitrogens with two attached hydrogens (primary N) is 2. The Bertz CT molecular complexity index is 996. The van der Waals surface area contributed by atoms with Crippen LogP contribution in [0, 0.1) is 10.8 Å². The van der Waals surface area contributed by atoms with E-state index in [2.05, 4.69) is 58.0 Å². The number of hydrogen-bond donors (Lipinski definition) is 6. The monoisotopic (exact) mass is 477 g/mol. The lowest BCUT2D eigenvalue weighted by molar-refractivity contribution is -0.117. The Morgan fingerprint density at radius 2 is 2.03 bits per heavy atom. The van der Waals surface area contributed by atoms with Gasteiger partial charge in [0.2, 0.25) is 0 Å². The summed E-state index contributed by atoms with van der Waals surface area (Å²) < 4.78 is 1.12. The highest BCUT2D eigenvalue weighted by Crippen LogP contribution is 2.18. The highest BCUT2D eigenvalue weighted by Gasteiger charge is 2.24. The summed E-state index contributed by atoms with van der Waals surface area (Å²) in [5.74, 6) is -1.89. The van der Waals surface area contributed by atoms with Gasteiger partial charge < -0.3 is 21.9 Å².